The number of hydrogen-bond acceptors (Lipinski definition) is 4. The first-order valence-electron chi connectivity index (χ1n) is 12.8. The average Bonchev–Trinajstić information content (AvgIpc) is 2.70. The van der Waals surface area contributed by atoms with Crippen LogP contribution in [0.5, 0.6) is 5.75 Å². The first-order valence-corrected chi connectivity index (χ1v) is 14.3. The Morgan fingerprint density at radius 2 is 1.44 bits per heavy atom. The number of phosphoric acid groups is 1. The van der Waals surface area contributed by atoms with Crippen molar-refractivity contribution in [1.29, 1.82) is 0 Å². The van der Waals surface area contributed by atoms with Gasteiger partial charge in [0.15, 0.2) is 0 Å². The van der Waals surface area contributed by atoms with Gasteiger partial charge in [0.25, 0.3) is 0 Å². The van der Waals surface area contributed by atoms with Crippen LogP contribution in [0.1, 0.15) is 119 Å². The molecule has 0 saturated heterocycles. The molecule has 1 aliphatic heterocycles. The SMILES string of the molecule is CC1c2cc(C(C)(C)C)cc(C(C)(C)C)c2OP(=O)([O-])OC12CC=C(C(C)(C)C)C=C2C(C)(C)C.[Na+]. The minimum atomic E-state index is -4.67. The van der Waals surface area contributed by atoms with Crippen molar-refractivity contribution in [3.63, 3.8) is 0 Å². The van der Waals surface area contributed by atoms with Gasteiger partial charge in [-0.2, -0.15) is 0 Å². The van der Waals surface area contributed by atoms with Crippen molar-refractivity contribution in [2.45, 2.75) is 119 Å². The van der Waals surface area contributed by atoms with E-state index in [9.17, 15) is 9.46 Å². The van der Waals surface area contributed by atoms with Crippen LogP contribution >= 0.6 is 7.82 Å². The van der Waals surface area contributed by atoms with E-state index in [1.165, 1.54) is 5.57 Å². The third-order valence-electron chi connectivity index (χ3n) is 7.49. The van der Waals surface area contributed by atoms with Crippen LogP contribution in [-0.2, 0) is 19.9 Å². The van der Waals surface area contributed by atoms with Crippen LogP contribution in [0.15, 0.2) is 35.4 Å². The summed E-state index contributed by atoms with van der Waals surface area (Å²) >= 11 is 0. The second kappa shape index (κ2) is 9.68. The third kappa shape index (κ3) is 6.11. The molecule has 3 rings (SSSR count). The van der Waals surface area contributed by atoms with E-state index in [-0.39, 0.29) is 57.1 Å². The quantitative estimate of drug-likeness (QED) is 0.339. The Morgan fingerprint density at radius 1 is 0.889 bits per heavy atom. The van der Waals surface area contributed by atoms with E-state index in [0.717, 1.165) is 22.3 Å². The molecule has 0 saturated carbocycles. The predicted octanol–water partition coefficient (Wildman–Crippen LogP) is 5.35. The maximum atomic E-state index is 13.5. The molecule has 1 heterocycles. The van der Waals surface area contributed by atoms with E-state index in [0.29, 0.717) is 12.2 Å². The number of fused-ring (bicyclic) bond motifs is 1. The fourth-order valence-corrected chi connectivity index (χ4v) is 6.50. The summed E-state index contributed by atoms with van der Waals surface area (Å²) in [5.74, 6) is 0.195. The molecule has 1 aliphatic carbocycles. The van der Waals surface area contributed by atoms with Gasteiger partial charge in [0.1, 0.15) is 11.4 Å². The maximum Gasteiger partial charge on any atom is 1.00 e. The fraction of sp³-hybridized carbons (Fsp3) is 0.667. The van der Waals surface area contributed by atoms with Gasteiger partial charge in [-0.3, -0.25) is 9.09 Å². The number of benzene rings is 1. The fourth-order valence-electron chi connectivity index (χ4n) is 5.30. The summed E-state index contributed by atoms with van der Waals surface area (Å²) in [6.45, 7) is 27.9. The van der Waals surface area contributed by atoms with Crippen LogP contribution in [0.3, 0.4) is 0 Å². The minimum absolute atomic E-state index is 0. The van der Waals surface area contributed by atoms with E-state index in [2.05, 4.69) is 114 Å². The Bertz CT molecular complexity index is 1120. The molecular weight excluding hydrogens is 478 g/mol. The van der Waals surface area contributed by atoms with Crippen LogP contribution < -0.4 is 39.0 Å². The van der Waals surface area contributed by atoms with Crippen LogP contribution in [0.25, 0.3) is 0 Å². The van der Waals surface area contributed by atoms with E-state index in [4.69, 9.17) is 9.05 Å². The van der Waals surface area contributed by atoms with Crippen LogP contribution in [0.2, 0.25) is 0 Å². The van der Waals surface area contributed by atoms with Crippen LogP contribution in [-0.4, -0.2) is 5.60 Å². The number of hydrogen-bond donors (Lipinski definition) is 0. The van der Waals surface area contributed by atoms with Crippen molar-refractivity contribution >= 4 is 7.82 Å². The Labute approximate surface area is 242 Å². The topological polar surface area (TPSA) is 58.6 Å². The van der Waals surface area contributed by atoms with Gasteiger partial charge in [-0.25, -0.2) is 0 Å². The number of allylic oxidation sites excluding steroid dienone is 2. The molecule has 196 valence electrons. The van der Waals surface area contributed by atoms with Crippen molar-refractivity contribution in [2.75, 3.05) is 0 Å². The molecule has 4 nitrogen and oxygen atoms in total. The molecule has 0 fully saturated rings. The van der Waals surface area contributed by atoms with Gasteiger partial charge in [-0.15, -0.1) is 0 Å². The van der Waals surface area contributed by atoms with Crippen molar-refractivity contribution in [1.82, 2.24) is 0 Å². The summed E-state index contributed by atoms with van der Waals surface area (Å²) in [6.07, 6.45) is 4.82. The molecule has 1 spiro atoms. The first-order chi connectivity index (χ1) is 15.5. The zero-order chi connectivity index (χ0) is 27.0. The average molecular weight is 525 g/mol. The summed E-state index contributed by atoms with van der Waals surface area (Å²) in [5, 5.41) is 0. The van der Waals surface area contributed by atoms with Gasteiger partial charge in [0.05, 0.1) is 0 Å². The molecule has 2 aliphatic rings. The maximum absolute atomic E-state index is 13.5. The zero-order valence-corrected chi connectivity index (χ0v) is 28.1. The Morgan fingerprint density at radius 3 is 1.89 bits per heavy atom. The summed E-state index contributed by atoms with van der Waals surface area (Å²) in [7, 11) is -4.67. The van der Waals surface area contributed by atoms with Crippen LogP contribution in [0.4, 0.5) is 0 Å². The third-order valence-corrected chi connectivity index (χ3v) is 8.45. The molecule has 1 aromatic rings. The van der Waals surface area contributed by atoms with Crippen molar-refractivity contribution in [3.8, 4) is 5.75 Å². The molecule has 1 aromatic carbocycles. The largest absolute Gasteiger partial charge is 1.00 e. The predicted molar refractivity (Wildman–Crippen MR) is 144 cm³/mol. The van der Waals surface area contributed by atoms with E-state index < -0.39 is 13.4 Å². The summed E-state index contributed by atoms with van der Waals surface area (Å²) < 4.78 is 25.5. The summed E-state index contributed by atoms with van der Waals surface area (Å²) in [4.78, 5) is 13.5. The van der Waals surface area contributed by atoms with Crippen molar-refractivity contribution in [3.05, 3.63) is 52.1 Å². The van der Waals surface area contributed by atoms with Gasteiger partial charge in [0, 0.05) is 23.5 Å². The van der Waals surface area contributed by atoms with Gasteiger partial charge >= 0.3 is 37.4 Å². The smallest absolute Gasteiger partial charge is 0.746 e. The van der Waals surface area contributed by atoms with E-state index in [1.807, 2.05) is 0 Å². The number of rotatable bonds is 0. The van der Waals surface area contributed by atoms with E-state index in [1.54, 1.807) is 0 Å². The number of phosphoric ester groups is 1. The first kappa shape index (κ1) is 31.9. The Kier molecular flexibility index (Phi) is 8.57. The second-order valence-corrected chi connectivity index (χ2v) is 15.9. The van der Waals surface area contributed by atoms with Gasteiger partial charge in [-0.1, -0.05) is 114 Å². The summed E-state index contributed by atoms with van der Waals surface area (Å²) in [6, 6.07) is 4.26. The second-order valence-electron chi connectivity index (χ2n) is 14.6. The van der Waals surface area contributed by atoms with E-state index >= 15 is 0 Å². The molecule has 36 heavy (non-hydrogen) atoms. The molecule has 0 radical (unpaired) electrons. The standard InChI is InChI=1S/C30H47O4P.Na/c1-19-22-16-21(27(5,6)7)17-23(28(8,9)10)25(22)33-35(31,32)34-30(19)15-14-20(26(2,3)4)18-24(30)29(11,12)13;/h14,16-19H,15H2,1-13H3,(H,31,32);/q;+1/p-1. The molecule has 6 heteroatoms. The van der Waals surface area contributed by atoms with Gasteiger partial charge < -0.3 is 9.42 Å². The molecule has 0 bridgehead atoms. The Balaban J connectivity index is 0.00000456. The molecule has 0 N–H and O–H groups in total. The minimum Gasteiger partial charge on any atom is -0.746 e. The Hall–Kier alpha value is -0.350. The zero-order valence-electron chi connectivity index (χ0n) is 25.2. The summed E-state index contributed by atoms with van der Waals surface area (Å²) in [5.41, 5.74) is 3.33. The molecule has 3 unspecified atom stereocenters. The molecular formula is C30H46NaO4P. The van der Waals surface area contributed by atoms with Gasteiger partial charge in [-0.05, 0) is 38.4 Å². The monoisotopic (exact) mass is 524 g/mol. The molecule has 0 amide bonds. The normalized spacial score (nSPS) is 27.3. The van der Waals surface area contributed by atoms with Gasteiger partial charge in [0.2, 0.25) is 0 Å². The van der Waals surface area contributed by atoms with Crippen molar-refractivity contribution in [2.24, 2.45) is 10.8 Å². The molecule has 0 aromatic heterocycles. The molecule has 3 atom stereocenters. The van der Waals surface area contributed by atoms with Crippen LogP contribution in [0, 0.1) is 10.8 Å². The van der Waals surface area contributed by atoms with Crippen molar-refractivity contribution < 1.29 is 48.1 Å².